The van der Waals surface area contributed by atoms with E-state index >= 15 is 0 Å². The van der Waals surface area contributed by atoms with Crippen LogP contribution in [0.4, 0.5) is 0 Å². The Morgan fingerprint density at radius 3 is 2.43 bits per heavy atom. The van der Waals surface area contributed by atoms with Crippen molar-refractivity contribution in [2.45, 2.75) is 12.8 Å². The van der Waals surface area contributed by atoms with Crippen molar-refractivity contribution in [2.75, 3.05) is 6.61 Å². The van der Waals surface area contributed by atoms with Crippen LogP contribution in [0.5, 0.6) is 0 Å². The molecule has 0 N–H and O–H groups in total. The fraction of sp³-hybridized carbons (Fsp3) is 0.231. The molecule has 0 fully saturated rings. The van der Waals surface area contributed by atoms with Crippen LogP contribution in [-0.2, 0) is 11.2 Å². The van der Waals surface area contributed by atoms with Crippen LogP contribution in [0.2, 0.25) is 0 Å². The second kappa shape index (κ2) is 6.03. The lowest BCUT2D eigenvalue weighted by molar-refractivity contribution is 0.246. The van der Waals surface area contributed by atoms with Crippen LogP contribution in [0.3, 0.4) is 0 Å². The van der Waals surface area contributed by atoms with Gasteiger partial charge in [0.25, 0.3) is 0 Å². The summed E-state index contributed by atoms with van der Waals surface area (Å²) in [5, 5.41) is 0. The second-order valence-corrected chi connectivity index (χ2v) is 3.09. The van der Waals surface area contributed by atoms with E-state index in [4.69, 9.17) is 4.74 Å². The Bertz CT molecular complexity index is 285. The standard InChI is InChI=1S/C13H16O/c1-3-12-7-9-13(10-8-12)6-5-11-14-4-2/h3-4,7-10H,1-2,5-6,11H2. The Labute approximate surface area is 85.7 Å². The summed E-state index contributed by atoms with van der Waals surface area (Å²) in [4.78, 5) is 0. The monoisotopic (exact) mass is 188 g/mol. The Morgan fingerprint density at radius 1 is 1.14 bits per heavy atom. The molecule has 0 saturated carbocycles. The SMILES string of the molecule is C=COCCCc1ccc(C=C)cc1. The number of hydrogen-bond acceptors (Lipinski definition) is 1. The van der Waals surface area contributed by atoms with Gasteiger partial charge in [0.05, 0.1) is 12.9 Å². The van der Waals surface area contributed by atoms with E-state index in [0.29, 0.717) is 0 Å². The average Bonchev–Trinajstić information content (AvgIpc) is 2.25. The van der Waals surface area contributed by atoms with Crippen molar-refractivity contribution >= 4 is 6.08 Å². The molecule has 1 aromatic rings. The van der Waals surface area contributed by atoms with Gasteiger partial charge in [0.2, 0.25) is 0 Å². The highest BCUT2D eigenvalue weighted by Gasteiger charge is 1.92. The van der Waals surface area contributed by atoms with Crippen LogP contribution in [0.1, 0.15) is 17.5 Å². The van der Waals surface area contributed by atoms with Crippen molar-refractivity contribution in [1.29, 1.82) is 0 Å². The molecule has 0 spiro atoms. The molecule has 1 nitrogen and oxygen atoms in total. The first kappa shape index (κ1) is 10.6. The topological polar surface area (TPSA) is 9.23 Å². The molecule has 0 amide bonds. The molecule has 0 aliphatic heterocycles. The molecule has 0 aliphatic carbocycles. The van der Waals surface area contributed by atoms with E-state index in [9.17, 15) is 0 Å². The van der Waals surface area contributed by atoms with Gasteiger partial charge in [-0.15, -0.1) is 0 Å². The first-order valence-electron chi connectivity index (χ1n) is 4.80. The minimum atomic E-state index is 0.743. The van der Waals surface area contributed by atoms with Gasteiger partial charge in [-0.3, -0.25) is 0 Å². The molecule has 0 radical (unpaired) electrons. The van der Waals surface area contributed by atoms with Gasteiger partial charge in [-0.05, 0) is 24.0 Å². The zero-order valence-corrected chi connectivity index (χ0v) is 8.41. The second-order valence-electron chi connectivity index (χ2n) is 3.09. The molecular formula is C13H16O. The summed E-state index contributed by atoms with van der Waals surface area (Å²) in [6.45, 7) is 7.95. The number of aryl methyl sites for hydroxylation is 1. The van der Waals surface area contributed by atoms with Gasteiger partial charge in [-0.1, -0.05) is 43.5 Å². The molecule has 0 atom stereocenters. The fourth-order valence-corrected chi connectivity index (χ4v) is 1.26. The summed E-state index contributed by atoms with van der Waals surface area (Å²) in [7, 11) is 0. The summed E-state index contributed by atoms with van der Waals surface area (Å²) in [6, 6.07) is 8.42. The smallest absolute Gasteiger partial charge is 0.0876 e. The molecule has 1 rings (SSSR count). The highest BCUT2D eigenvalue weighted by molar-refractivity contribution is 5.47. The lowest BCUT2D eigenvalue weighted by Gasteiger charge is -2.02. The molecule has 0 unspecified atom stereocenters. The quantitative estimate of drug-likeness (QED) is 0.491. The number of hydrogen-bond donors (Lipinski definition) is 0. The average molecular weight is 188 g/mol. The molecule has 0 bridgehead atoms. The minimum absolute atomic E-state index is 0.743. The maximum atomic E-state index is 5.05. The van der Waals surface area contributed by atoms with Gasteiger partial charge < -0.3 is 4.74 Å². The van der Waals surface area contributed by atoms with Crippen molar-refractivity contribution in [3.05, 3.63) is 54.8 Å². The number of rotatable bonds is 6. The molecule has 0 aliphatic rings. The van der Waals surface area contributed by atoms with Crippen LogP contribution >= 0.6 is 0 Å². The lowest BCUT2D eigenvalue weighted by atomic mass is 10.1. The van der Waals surface area contributed by atoms with Crippen molar-refractivity contribution in [1.82, 2.24) is 0 Å². The largest absolute Gasteiger partial charge is 0.502 e. The Hall–Kier alpha value is -1.50. The number of benzene rings is 1. The van der Waals surface area contributed by atoms with E-state index in [0.717, 1.165) is 25.0 Å². The van der Waals surface area contributed by atoms with Crippen molar-refractivity contribution in [3.8, 4) is 0 Å². The van der Waals surface area contributed by atoms with E-state index in [1.165, 1.54) is 11.8 Å². The van der Waals surface area contributed by atoms with Gasteiger partial charge in [-0.2, -0.15) is 0 Å². The van der Waals surface area contributed by atoms with Gasteiger partial charge >= 0.3 is 0 Å². The highest BCUT2D eigenvalue weighted by atomic mass is 16.5. The van der Waals surface area contributed by atoms with Gasteiger partial charge in [0, 0.05) is 0 Å². The Balaban J connectivity index is 2.36. The van der Waals surface area contributed by atoms with E-state index in [-0.39, 0.29) is 0 Å². The van der Waals surface area contributed by atoms with E-state index in [1.807, 2.05) is 6.08 Å². The van der Waals surface area contributed by atoms with Gasteiger partial charge in [0.1, 0.15) is 0 Å². The van der Waals surface area contributed by atoms with Gasteiger partial charge in [0.15, 0.2) is 0 Å². The lowest BCUT2D eigenvalue weighted by Crippen LogP contribution is -1.91. The zero-order valence-electron chi connectivity index (χ0n) is 8.41. The third-order valence-corrected chi connectivity index (χ3v) is 2.06. The van der Waals surface area contributed by atoms with Crippen molar-refractivity contribution < 1.29 is 4.74 Å². The molecule has 0 heterocycles. The summed E-state index contributed by atoms with van der Waals surface area (Å²) in [5.74, 6) is 0. The predicted molar refractivity (Wildman–Crippen MR) is 61.0 cm³/mol. The molecular weight excluding hydrogens is 172 g/mol. The number of ether oxygens (including phenoxy) is 1. The third-order valence-electron chi connectivity index (χ3n) is 2.06. The normalized spacial score (nSPS) is 9.43. The van der Waals surface area contributed by atoms with Crippen molar-refractivity contribution in [3.63, 3.8) is 0 Å². The fourth-order valence-electron chi connectivity index (χ4n) is 1.26. The summed E-state index contributed by atoms with van der Waals surface area (Å²) < 4.78 is 5.05. The van der Waals surface area contributed by atoms with Crippen LogP contribution in [-0.4, -0.2) is 6.61 Å². The van der Waals surface area contributed by atoms with E-state index < -0.39 is 0 Å². The first-order chi connectivity index (χ1) is 6.86. The first-order valence-corrected chi connectivity index (χ1v) is 4.80. The molecule has 0 saturated heterocycles. The molecule has 0 aromatic heterocycles. The molecule has 1 heteroatoms. The molecule has 14 heavy (non-hydrogen) atoms. The highest BCUT2D eigenvalue weighted by Crippen LogP contribution is 2.07. The van der Waals surface area contributed by atoms with Crippen LogP contribution in [0.15, 0.2) is 43.7 Å². The van der Waals surface area contributed by atoms with E-state index in [1.54, 1.807) is 0 Å². The summed E-state index contributed by atoms with van der Waals surface area (Å²) in [6.07, 6.45) is 5.41. The van der Waals surface area contributed by atoms with E-state index in [2.05, 4.69) is 37.4 Å². The maximum absolute atomic E-state index is 5.05. The Kier molecular flexibility index (Phi) is 4.56. The molecule has 74 valence electrons. The summed E-state index contributed by atoms with van der Waals surface area (Å²) >= 11 is 0. The van der Waals surface area contributed by atoms with Crippen LogP contribution < -0.4 is 0 Å². The Morgan fingerprint density at radius 2 is 1.86 bits per heavy atom. The minimum Gasteiger partial charge on any atom is -0.502 e. The predicted octanol–water partition coefficient (Wildman–Crippen LogP) is 3.42. The van der Waals surface area contributed by atoms with Gasteiger partial charge in [-0.25, -0.2) is 0 Å². The zero-order chi connectivity index (χ0) is 10.2. The molecule has 1 aromatic carbocycles. The summed E-state index contributed by atoms with van der Waals surface area (Å²) in [5.41, 5.74) is 2.50. The third kappa shape index (κ3) is 3.48. The van der Waals surface area contributed by atoms with Crippen LogP contribution in [0.25, 0.3) is 6.08 Å². The maximum Gasteiger partial charge on any atom is 0.0876 e. The van der Waals surface area contributed by atoms with Crippen LogP contribution in [0, 0.1) is 0 Å². The van der Waals surface area contributed by atoms with Crippen molar-refractivity contribution in [2.24, 2.45) is 0 Å².